The maximum Gasteiger partial charge on any atom is 0.257 e. The lowest BCUT2D eigenvalue weighted by Gasteiger charge is -2.21. The number of aromatic nitrogens is 2. The molecule has 0 spiro atoms. The number of ether oxygens (including phenoxy) is 1. The number of carbonyl (C=O) groups is 1. The molecule has 0 aliphatic carbocycles. The van der Waals surface area contributed by atoms with E-state index >= 15 is 0 Å². The van der Waals surface area contributed by atoms with Gasteiger partial charge in [0.1, 0.15) is 17.4 Å². The second-order valence-electron chi connectivity index (χ2n) is 7.26. The van der Waals surface area contributed by atoms with Crippen LogP contribution in [-0.2, 0) is 0 Å². The monoisotopic (exact) mass is 442 g/mol. The molecule has 2 atom stereocenters. The topological polar surface area (TPSA) is 108 Å². The van der Waals surface area contributed by atoms with E-state index in [0.717, 1.165) is 6.20 Å². The maximum atomic E-state index is 13.8. The Hall–Kier alpha value is -3.63. The number of amides is 1. The summed E-state index contributed by atoms with van der Waals surface area (Å²) in [4.78, 5) is 22.7. The SMILES string of the molecule is O=C(Nc1ccc(OCF)cc1)c1cnc(N2C[C@@H](O)[C@@H](O)C2)c(-c2cncc(F)c2)c1. The van der Waals surface area contributed by atoms with Crippen LogP contribution in [-0.4, -0.2) is 58.2 Å². The van der Waals surface area contributed by atoms with E-state index in [-0.39, 0.29) is 18.7 Å². The molecule has 32 heavy (non-hydrogen) atoms. The molecule has 4 rings (SSSR count). The molecule has 1 aromatic carbocycles. The molecule has 0 radical (unpaired) electrons. The van der Waals surface area contributed by atoms with Gasteiger partial charge in [-0.3, -0.25) is 9.78 Å². The first kappa shape index (κ1) is 21.6. The number of nitrogens with one attached hydrogen (secondary N) is 1. The van der Waals surface area contributed by atoms with Gasteiger partial charge in [-0.1, -0.05) is 0 Å². The van der Waals surface area contributed by atoms with Crippen LogP contribution in [0, 0.1) is 5.82 Å². The van der Waals surface area contributed by atoms with Crippen LogP contribution in [0.15, 0.2) is 55.0 Å². The van der Waals surface area contributed by atoms with Gasteiger partial charge in [0, 0.05) is 42.3 Å². The first-order valence-electron chi connectivity index (χ1n) is 9.77. The first-order valence-corrected chi connectivity index (χ1v) is 9.77. The Labute approximate surface area is 182 Å². The average molecular weight is 442 g/mol. The summed E-state index contributed by atoms with van der Waals surface area (Å²) in [6.07, 6.45) is 1.98. The highest BCUT2D eigenvalue weighted by Gasteiger charge is 2.32. The third kappa shape index (κ3) is 4.66. The Bertz CT molecular complexity index is 1100. The molecule has 0 unspecified atom stereocenters. The van der Waals surface area contributed by atoms with Crippen LogP contribution >= 0.6 is 0 Å². The van der Waals surface area contributed by atoms with Crippen molar-refractivity contribution in [2.24, 2.45) is 0 Å². The van der Waals surface area contributed by atoms with Crippen molar-refractivity contribution in [2.45, 2.75) is 12.2 Å². The number of alkyl halides is 1. The van der Waals surface area contributed by atoms with E-state index in [1.54, 1.807) is 23.1 Å². The van der Waals surface area contributed by atoms with Gasteiger partial charge in [0.15, 0.2) is 0 Å². The van der Waals surface area contributed by atoms with E-state index < -0.39 is 30.8 Å². The number of hydrogen-bond acceptors (Lipinski definition) is 7. The summed E-state index contributed by atoms with van der Waals surface area (Å²) >= 11 is 0. The fourth-order valence-corrected chi connectivity index (χ4v) is 3.45. The number of aliphatic hydroxyl groups excluding tert-OH is 2. The fourth-order valence-electron chi connectivity index (χ4n) is 3.45. The van der Waals surface area contributed by atoms with Gasteiger partial charge in [0.2, 0.25) is 6.86 Å². The van der Waals surface area contributed by atoms with Crippen LogP contribution in [0.2, 0.25) is 0 Å². The quantitative estimate of drug-likeness (QED) is 0.538. The largest absolute Gasteiger partial charge is 0.463 e. The van der Waals surface area contributed by atoms with Crippen molar-refractivity contribution < 1.29 is 28.5 Å². The molecule has 2 aromatic heterocycles. The van der Waals surface area contributed by atoms with Crippen molar-refractivity contribution in [1.29, 1.82) is 0 Å². The van der Waals surface area contributed by atoms with Crippen molar-refractivity contribution in [3.05, 3.63) is 66.4 Å². The molecule has 1 amide bonds. The molecule has 1 fully saturated rings. The Morgan fingerprint density at radius 1 is 1.12 bits per heavy atom. The normalized spacial score (nSPS) is 17.9. The summed E-state index contributed by atoms with van der Waals surface area (Å²) in [6, 6.07) is 8.98. The van der Waals surface area contributed by atoms with Crippen molar-refractivity contribution in [2.75, 3.05) is 30.2 Å². The van der Waals surface area contributed by atoms with Gasteiger partial charge in [-0.05, 0) is 36.4 Å². The van der Waals surface area contributed by atoms with Crippen LogP contribution in [0.5, 0.6) is 5.75 Å². The lowest BCUT2D eigenvalue weighted by molar-refractivity contribution is 0.0572. The molecule has 0 saturated carbocycles. The number of hydrogen-bond donors (Lipinski definition) is 3. The summed E-state index contributed by atoms with van der Waals surface area (Å²) < 4.78 is 30.8. The molecule has 3 heterocycles. The second kappa shape index (κ2) is 9.25. The zero-order valence-electron chi connectivity index (χ0n) is 16.8. The second-order valence-corrected chi connectivity index (χ2v) is 7.26. The van der Waals surface area contributed by atoms with E-state index in [4.69, 9.17) is 4.74 Å². The molecule has 166 valence electrons. The number of halogens is 2. The van der Waals surface area contributed by atoms with E-state index in [0.29, 0.717) is 28.4 Å². The number of pyridine rings is 2. The zero-order valence-corrected chi connectivity index (χ0v) is 16.8. The summed E-state index contributed by atoms with van der Waals surface area (Å²) in [5, 5.41) is 22.5. The highest BCUT2D eigenvalue weighted by Crippen LogP contribution is 2.32. The van der Waals surface area contributed by atoms with Crippen molar-refractivity contribution in [3.63, 3.8) is 0 Å². The Balaban J connectivity index is 1.64. The number of anilines is 2. The van der Waals surface area contributed by atoms with Crippen LogP contribution in [0.1, 0.15) is 10.4 Å². The van der Waals surface area contributed by atoms with Crippen LogP contribution in [0.25, 0.3) is 11.1 Å². The molecule has 10 heteroatoms. The fraction of sp³-hybridized carbons (Fsp3) is 0.227. The number of aliphatic hydroxyl groups is 2. The van der Waals surface area contributed by atoms with Gasteiger partial charge < -0.3 is 25.2 Å². The highest BCUT2D eigenvalue weighted by molar-refractivity contribution is 6.05. The van der Waals surface area contributed by atoms with E-state index in [1.165, 1.54) is 30.6 Å². The van der Waals surface area contributed by atoms with Gasteiger partial charge in [-0.2, -0.15) is 0 Å². The van der Waals surface area contributed by atoms with E-state index in [9.17, 15) is 23.8 Å². The molecular weight excluding hydrogens is 422 g/mol. The van der Waals surface area contributed by atoms with Gasteiger partial charge in [0.25, 0.3) is 5.91 Å². The molecular formula is C22H20F2N4O4. The summed E-state index contributed by atoms with van der Waals surface area (Å²) in [6.45, 7) is -0.669. The number of carbonyl (C=O) groups excluding carboxylic acids is 1. The predicted molar refractivity (Wildman–Crippen MR) is 113 cm³/mol. The molecule has 8 nitrogen and oxygen atoms in total. The number of β-amino-alcohol motifs (C(OH)–C–C–N with tert-alkyl or cyclic N) is 2. The lowest BCUT2D eigenvalue weighted by atomic mass is 10.1. The van der Waals surface area contributed by atoms with Gasteiger partial charge in [-0.25, -0.2) is 13.8 Å². The number of nitrogens with zero attached hydrogens (tertiary/aromatic N) is 3. The lowest BCUT2D eigenvalue weighted by Crippen LogP contribution is -2.23. The minimum Gasteiger partial charge on any atom is -0.463 e. The molecule has 1 aliphatic heterocycles. The third-order valence-electron chi connectivity index (χ3n) is 5.04. The summed E-state index contributed by atoms with van der Waals surface area (Å²) in [5.74, 6) is -0.305. The van der Waals surface area contributed by atoms with Gasteiger partial charge in [-0.15, -0.1) is 0 Å². The molecule has 3 N–H and O–H groups in total. The molecule has 1 saturated heterocycles. The predicted octanol–water partition coefficient (Wildman–Crippen LogP) is 2.38. The Morgan fingerprint density at radius 3 is 2.50 bits per heavy atom. The van der Waals surface area contributed by atoms with Gasteiger partial charge in [0.05, 0.1) is 24.0 Å². The van der Waals surface area contributed by atoms with E-state index in [1.807, 2.05) is 0 Å². The number of rotatable bonds is 6. The summed E-state index contributed by atoms with van der Waals surface area (Å²) in [7, 11) is 0. The van der Waals surface area contributed by atoms with Crippen molar-refractivity contribution in [3.8, 4) is 16.9 Å². The zero-order chi connectivity index (χ0) is 22.7. The van der Waals surface area contributed by atoms with E-state index in [2.05, 4.69) is 15.3 Å². The highest BCUT2D eigenvalue weighted by atomic mass is 19.1. The minimum absolute atomic E-state index is 0.142. The first-order chi connectivity index (χ1) is 15.4. The van der Waals surface area contributed by atoms with Crippen molar-refractivity contribution in [1.82, 2.24) is 9.97 Å². The minimum atomic E-state index is -0.952. The third-order valence-corrected chi connectivity index (χ3v) is 5.04. The van der Waals surface area contributed by atoms with Crippen molar-refractivity contribution >= 4 is 17.4 Å². The van der Waals surface area contributed by atoms with Crippen LogP contribution in [0.3, 0.4) is 0 Å². The van der Waals surface area contributed by atoms with Crippen LogP contribution < -0.4 is 15.0 Å². The summed E-state index contributed by atoms with van der Waals surface area (Å²) in [5.41, 5.74) is 1.49. The Morgan fingerprint density at radius 2 is 1.84 bits per heavy atom. The van der Waals surface area contributed by atoms with Gasteiger partial charge >= 0.3 is 0 Å². The average Bonchev–Trinajstić information content (AvgIpc) is 3.13. The standard InChI is InChI=1S/C22H20F2N4O4/c23-12-32-17-3-1-16(2-4-17)27-22(31)14-6-18(13-5-15(24)9-25-7-13)21(26-8-14)28-10-19(29)20(30)11-28/h1-9,19-20,29-30H,10-12H2,(H,27,31)/t19-,20+. The molecule has 1 aliphatic rings. The number of benzene rings is 1. The smallest absolute Gasteiger partial charge is 0.257 e. The Kier molecular flexibility index (Phi) is 6.24. The molecule has 0 bridgehead atoms. The van der Waals surface area contributed by atoms with Crippen LogP contribution in [0.4, 0.5) is 20.3 Å². The maximum absolute atomic E-state index is 13.8. The molecule has 3 aromatic rings.